The number of nitrogens with zero attached hydrogens (tertiary/aromatic N) is 2. The summed E-state index contributed by atoms with van der Waals surface area (Å²) in [7, 11) is 0. The Kier molecular flexibility index (Phi) is 6.24. The van der Waals surface area contributed by atoms with Crippen LogP contribution in [0.4, 0.5) is 18.9 Å². The number of halogens is 4. The third-order valence-electron chi connectivity index (χ3n) is 2.11. The molecule has 6 nitrogen and oxygen atoms in total. The minimum absolute atomic E-state index is 0.115. The van der Waals surface area contributed by atoms with E-state index in [2.05, 4.69) is 10.4 Å². The van der Waals surface area contributed by atoms with Crippen molar-refractivity contribution in [2.75, 3.05) is 31.7 Å². The third-order valence-corrected chi connectivity index (χ3v) is 2.48. The molecule has 0 saturated heterocycles. The van der Waals surface area contributed by atoms with Gasteiger partial charge in [0.2, 0.25) is 0 Å². The van der Waals surface area contributed by atoms with Gasteiger partial charge in [0.05, 0.1) is 31.7 Å². The normalized spacial score (nSPS) is 11.7. The summed E-state index contributed by atoms with van der Waals surface area (Å²) < 4.78 is 41.7. The molecule has 0 aliphatic carbocycles. The van der Waals surface area contributed by atoms with Crippen LogP contribution in [-0.4, -0.2) is 47.4 Å². The SMILES string of the molecule is O=c1c(Cl)c(NCCOCCO)cnn1CC(F)(F)F. The van der Waals surface area contributed by atoms with Crippen LogP contribution in [0.1, 0.15) is 0 Å². The molecular formula is C10H13ClF3N3O3. The summed E-state index contributed by atoms with van der Waals surface area (Å²) in [5.74, 6) is 0. The first-order valence-corrected chi connectivity index (χ1v) is 5.98. The van der Waals surface area contributed by atoms with Gasteiger partial charge in [0.25, 0.3) is 5.56 Å². The van der Waals surface area contributed by atoms with E-state index in [4.69, 9.17) is 21.4 Å². The topological polar surface area (TPSA) is 76.4 Å². The van der Waals surface area contributed by atoms with E-state index in [9.17, 15) is 18.0 Å². The van der Waals surface area contributed by atoms with E-state index < -0.39 is 18.3 Å². The summed E-state index contributed by atoms with van der Waals surface area (Å²) in [5, 5.41) is 14.2. The predicted molar refractivity (Wildman–Crippen MR) is 66.0 cm³/mol. The number of ether oxygens (including phenoxy) is 1. The molecule has 20 heavy (non-hydrogen) atoms. The van der Waals surface area contributed by atoms with Crippen molar-refractivity contribution in [1.82, 2.24) is 9.78 Å². The van der Waals surface area contributed by atoms with Gasteiger partial charge < -0.3 is 15.2 Å². The van der Waals surface area contributed by atoms with Crippen molar-refractivity contribution in [2.24, 2.45) is 0 Å². The summed E-state index contributed by atoms with van der Waals surface area (Å²) in [4.78, 5) is 11.6. The van der Waals surface area contributed by atoms with Gasteiger partial charge in [-0.2, -0.15) is 18.3 Å². The Bertz CT molecular complexity index is 493. The maximum atomic E-state index is 12.2. The van der Waals surface area contributed by atoms with Crippen molar-refractivity contribution in [3.63, 3.8) is 0 Å². The Morgan fingerprint density at radius 2 is 2.15 bits per heavy atom. The van der Waals surface area contributed by atoms with E-state index in [-0.39, 0.29) is 41.8 Å². The average Bonchev–Trinajstić information content (AvgIpc) is 2.36. The molecule has 0 aromatic carbocycles. The molecule has 0 bridgehead atoms. The Morgan fingerprint density at radius 3 is 2.75 bits per heavy atom. The molecule has 10 heteroatoms. The number of aliphatic hydroxyl groups excluding tert-OH is 1. The Labute approximate surface area is 117 Å². The van der Waals surface area contributed by atoms with Crippen molar-refractivity contribution in [3.05, 3.63) is 21.6 Å². The fourth-order valence-electron chi connectivity index (χ4n) is 1.30. The second-order valence-electron chi connectivity index (χ2n) is 3.71. The molecule has 0 radical (unpaired) electrons. The number of aliphatic hydroxyl groups is 1. The quantitative estimate of drug-likeness (QED) is 0.731. The summed E-state index contributed by atoms with van der Waals surface area (Å²) in [6.45, 7) is -0.936. The van der Waals surface area contributed by atoms with Gasteiger partial charge in [-0.1, -0.05) is 11.6 Å². The van der Waals surface area contributed by atoms with Crippen molar-refractivity contribution in [2.45, 2.75) is 12.7 Å². The van der Waals surface area contributed by atoms with Gasteiger partial charge in [-0.15, -0.1) is 0 Å². The van der Waals surface area contributed by atoms with E-state index in [0.717, 1.165) is 6.20 Å². The lowest BCUT2D eigenvalue weighted by Crippen LogP contribution is -2.31. The van der Waals surface area contributed by atoms with Gasteiger partial charge in [-0.3, -0.25) is 4.79 Å². The maximum absolute atomic E-state index is 12.2. The van der Waals surface area contributed by atoms with Crippen LogP contribution in [0.3, 0.4) is 0 Å². The molecule has 0 spiro atoms. The van der Waals surface area contributed by atoms with E-state index in [1.54, 1.807) is 0 Å². The molecule has 0 saturated carbocycles. The van der Waals surface area contributed by atoms with Gasteiger partial charge in [0.15, 0.2) is 0 Å². The number of anilines is 1. The Morgan fingerprint density at radius 1 is 1.45 bits per heavy atom. The van der Waals surface area contributed by atoms with Crippen molar-refractivity contribution < 1.29 is 23.0 Å². The van der Waals surface area contributed by atoms with Crippen LogP contribution in [0.5, 0.6) is 0 Å². The summed E-state index contributed by atoms with van der Waals surface area (Å²) in [6, 6.07) is 0. The van der Waals surface area contributed by atoms with Crippen LogP contribution in [0, 0.1) is 0 Å². The van der Waals surface area contributed by atoms with Gasteiger partial charge >= 0.3 is 6.18 Å². The number of nitrogens with one attached hydrogen (secondary N) is 1. The van der Waals surface area contributed by atoms with Crippen molar-refractivity contribution in [1.29, 1.82) is 0 Å². The summed E-state index contributed by atoms with van der Waals surface area (Å²) >= 11 is 5.68. The molecule has 114 valence electrons. The van der Waals surface area contributed by atoms with Crippen molar-refractivity contribution in [3.8, 4) is 0 Å². The first kappa shape index (κ1) is 16.7. The van der Waals surface area contributed by atoms with E-state index in [1.165, 1.54) is 0 Å². The molecule has 1 rings (SSSR count). The molecule has 0 aliphatic heterocycles. The number of alkyl halides is 3. The molecule has 0 fully saturated rings. The maximum Gasteiger partial charge on any atom is 0.408 e. The minimum Gasteiger partial charge on any atom is -0.394 e. The average molecular weight is 316 g/mol. The number of hydrogen-bond acceptors (Lipinski definition) is 5. The number of rotatable bonds is 7. The minimum atomic E-state index is -4.55. The second-order valence-corrected chi connectivity index (χ2v) is 4.09. The lowest BCUT2D eigenvalue weighted by Gasteiger charge is -2.11. The smallest absolute Gasteiger partial charge is 0.394 e. The van der Waals surface area contributed by atoms with E-state index >= 15 is 0 Å². The molecule has 1 aromatic heterocycles. The zero-order valence-corrected chi connectivity index (χ0v) is 11.0. The van der Waals surface area contributed by atoms with Gasteiger partial charge in [-0.05, 0) is 0 Å². The molecule has 0 atom stereocenters. The van der Waals surface area contributed by atoms with E-state index in [1.807, 2.05) is 0 Å². The van der Waals surface area contributed by atoms with Crippen LogP contribution in [-0.2, 0) is 11.3 Å². The zero-order valence-electron chi connectivity index (χ0n) is 10.3. The molecule has 1 aromatic rings. The summed E-state index contributed by atoms with van der Waals surface area (Å²) in [5.41, 5.74) is -0.895. The highest BCUT2D eigenvalue weighted by Gasteiger charge is 2.29. The Hall–Kier alpha value is -1.32. The predicted octanol–water partition coefficient (Wildman–Crippen LogP) is 0.880. The fourth-order valence-corrected chi connectivity index (χ4v) is 1.51. The third kappa shape index (κ3) is 5.35. The lowest BCUT2D eigenvalue weighted by molar-refractivity contribution is -0.143. The first-order chi connectivity index (χ1) is 9.35. The van der Waals surface area contributed by atoms with Crippen LogP contribution in [0.2, 0.25) is 5.02 Å². The Balaban J connectivity index is 2.67. The van der Waals surface area contributed by atoms with E-state index in [0.29, 0.717) is 0 Å². The molecule has 2 N–H and O–H groups in total. The largest absolute Gasteiger partial charge is 0.408 e. The van der Waals surface area contributed by atoms with Crippen LogP contribution in [0.25, 0.3) is 0 Å². The molecule has 0 amide bonds. The highest BCUT2D eigenvalue weighted by atomic mass is 35.5. The standard InChI is InChI=1S/C10H13ClF3N3O3/c11-8-7(15-1-3-20-4-2-18)5-16-17(9(8)19)6-10(12,13)14/h5,15,18H,1-4,6H2. The lowest BCUT2D eigenvalue weighted by atomic mass is 10.4. The highest BCUT2D eigenvalue weighted by Crippen LogP contribution is 2.18. The molecule has 0 unspecified atom stereocenters. The van der Waals surface area contributed by atoms with Crippen LogP contribution in [0.15, 0.2) is 11.0 Å². The number of hydrogen-bond donors (Lipinski definition) is 2. The van der Waals surface area contributed by atoms with Gasteiger partial charge in [0, 0.05) is 6.54 Å². The molecular weight excluding hydrogens is 303 g/mol. The van der Waals surface area contributed by atoms with Gasteiger partial charge in [-0.25, -0.2) is 4.68 Å². The molecule has 1 heterocycles. The highest BCUT2D eigenvalue weighted by molar-refractivity contribution is 6.32. The zero-order chi connectivity index (χ0) is 15.2. The fraction of sp³-hybridized carbons (Fsp3) is 0.600. The van der Waals surface area contributed by atoms with Crippen LogP contribution >= 0.6 is 11.6 Å². The van der Waals surface area contributed by atoms with Gasteiger partial charge in [0.1, 0.15) is 11.6 Å². The first-order valence-electron chi connectivity index (χ1n) is 5.60. The van der Waals surface area contributed by atoms with Crippen molar-refractivity contribution >= 4 is 17.3 Å². The second kappa shape index (κ2) is 7.46. The monoisotopic (exact) mass is 315 g/mol. The van der Waals surface area contributed by atoms with Crippen LogP contribution < -0.4 is 10.9 Å². The number of aromatic nitrogens is 2. The molecule has 0 aliphatic rings. The summed E-state index contributed by atoms with van der Waals surface area (Å²) in [6.07, 6.45) is -3.51.